The third kappa shape index (κ3) is 3.11. The van der Waals surface area contributed by atoms with E-state index in [0.717, 1.165) is 16.3 Å². The zero-order valence-electron chi connectivity index (χ0n) is 14.1. The number of carbonyl (C=O) groups excluding carboxylic acids is 1. The third-order valence-corrected chi connectivity index (χ3v) is 4.63. The zero-order valence-corrected chi connectivity index (χ0v) is 14.1. The van der Waals surface area contributed by atoms with Crippen LogP contribution in [0.4, 0.5) is 0 Å². The van der Waals surface area contributed by atoms with E-state index in [0.29, 0.717) is 5.56 Å². The molecule has 0 heterocycles. The maximum absolute atomic E-state index is 12.6. The number of rotatable bonds is 3. The number of amides is 1. The average molecular weight is 325 g/mol. The number of carbonyl (C=O) groups is 1. The third-order valence-electron chi connectivity index (χ3n) is 4.63. The van der Waals surface area contributed by atoms with E-state index in [2.05, 4.69) is 41.7 Å². The molecule has 4 aromatic carbocycles. The van der Waals surface area contributed by atoms with Gasteiger partial charge in [0.1, 0.15) is 0 Å². The van der Waals surface area contributed by atoms with E-state index in [-0.39, 0.29) is 11.9 Å². The molecule has 1 atom stereocenters. The van der Waals surface area contributed by atoms with Crippen molar-refractivity contribution in [3.63, 3.8) is 0 Å². The van der Waals surface area contributed by atoms with Crippen LogP contribution in [0.2, 0.25) is 0 Å². The molecule has 0 radical (unpaired) electrons. The van der Waals surface area contributed by atoms with Crippen LogP contribution in [0.1, 0.15) is 28.9 Å². The Morgan fingerprint density at radius 2 is 1.28 bits per heavy atom. The fourth-order valence-electron chi connectivity index (χ4n) is 3.17. The maximum Gasteiger partial charge on any atom is 0.251 e. The number of benzene rings is 4. The van der Waals surface area contributed by atoms with Gasteiger partial charge in [-0.25, -0.2) is 0 Å². The quantitative estimate of drug-likeness (QED) is 0.530. The molecule has 4 rings (SSSR count). The Balaban J connectivity index is 1.57. The van der Waals surface area contributed by atoms with Gasteiger partial charge >= 0.3 is 0 Å². The molecule has 2 nitrogen and oxygen atoms in total. The molecule has 1 N–H and O–H groups in total. The Kier molecular flexibility index (Phi) is 3.95. The van der Waals surface area contributed by atoms with Crippen molar-refractivity contribution < 1.29 is 4.79 Å². The van der Waals surface area contributed by atoms with Crippen molar-refractivity contribution in [2.24, 2.45) is 0 Å². The predicted molar refractivity (Wildman–Crippen MR) is 104 cm³/mol. The van der Waals surface area contributed by atoms with Crippen LogP contribution in [0.5, 0.6) is 0 Å². The summed E-state index contributed by atoms with van der Waals surface area (Å²) in [5, 5.41) is 7.72. The lowest BCUT2D eigenvalue weighted by atomic mass is 10.0. The Labute approximate surface area is 147 Å². The van der Waals surface area contributed by atoms with E-state index < -0.39 is 0 Å². The van der Waals surface area contributed by atoms with Crippen LogP contribution in [-0.2, 0) is 0 Å². The monoisotopic (exact) mass is 325 g/mol. The second kappa shape index (κ2) is 6.40. The van der Waals surface area contributed by atoms with Crippen molar-refractivity contribution in [1.82, 2.24) is 5.32 Å². The van der Waals surface area contributed by atoms with Crippen LogP contribution in [0.3, 0.4) is 0 Å². The average Bonchev–Trinajstić information content (AvgIpc) is 2.67. The summed E-state index contributed by atoms with van der Waals surface area (Å²) in [7, 11) is 0. The van der Waals surface area contributed by atoms with E-state index in [1.807, 2.05) is 55.5 Å². The van der Waals surface area contributed by atoms with Gasteiger partial charge in [-0.1, -0.05) is 66.7 Å². The van der Waals surface area contributed by atoms with Gasteiger partial charge in [-0.2, -0.15) is 0 Å². The molecule has 0 unspecified atom stereocenters. The fourth-order valence-corrected chi connectivity index (χ4v) is 3.17. The van der Waals surface area contributed by atoms with Gasteiger partial charge < -0.3 is 5.32 Å². The molecule has 0 aliphatic heterocycles. The van der Waals surface area contributed by atoms with Gasteiger partial charge in [0.2, 0.25) is 0 Å². The summed E-state index contributed by atoms with van der Waals surface area (Å²) in [5.41, 5.74) is 1.79. The molecule has 2 heteroatoms. The molecule has 4 aromatic rings. The van der Waals surface area contributed by atoms with E-state index in [9.17, 15) is 4.79 Å². The molecule has 25 heavy (non-hydrogen) atoms. The molecule has 0 saturated heterocycles. The highest BCUT2D eigenvalue weighted by Crippen LogP contribution is 2.21. The van der Waals surface area contributed by atoms with Gasteiger partial charge in [0.25, 0.3) is 5.91 Å². The first kappa shape index (κ1) is 15.4. The summed E-state index contributed by atoms with van der Waals surface area (Å²) in [4.78, 5) is 12.6. The van der Waals surface area contributed by atoms with Crippen LogP contribution < -0.4 is 5.32 Å². The van der Waals surface area contributed by atoms with Crippen LogP contribution in [0, 0.1) is 0 Å². The Bertz CT molecular complexity index is 1070. The van der Waals surface area contributed by atoms with Gasteiger partial charge in [0.05, 0.1) is 6.04 Å². The number of hydrogen-bond donors (Lipinski definition) is 1. The van der Waals surface area contributed by atoms with Crippen LogP contribution in [-0.4, -0.2) is 5.91 Å². The first-order valence-electron chi connectivity index (χ1n) is 8.49. The standard InChI is InChI=1S/C23H19NO/c1-16(19-12-10-17-6-2-4-8-20(17)14-19)24-23(25)22-13-11-18-7-3-5-9-21(18)15-22/h2-16H,1H3,(H,24,25)/t16-/m1/s1. The maximum atomic E-state index is 12.6. The summed E-state index contributed by atoms with van der Waals surface area (Å²) >= 11 is 0. The normalized spacial score (nSPS) is 12.2. The molecule has 122 valence electrons. The fraction of sp³-hybridized carbons (Fsp3) is 0.0870. The van der Waals surface area contributed by atoms with Crippen molar-refractivity contribution >= 4 is 27.5 Å². The summed E-state index contributed by atoms with van der Waals surface area (Å²) in [5.74, 6) is -0.0496. The molecule has 0 aromatic heterocycles. The first-order valence-corrected chi connectivity index (χ1v) is 8.49. The van der Waals surface area contributed by atoms with Crippen molar-refractivity contribution in [2.75, 3.05) is 0 Å². The van der Waals surface area contributed by atoms with E-state index >= 15 is 0 Å². The highest BCUT2D eigenvalue weighted by atomic mass is 16.1. The van der Waals surface area contributed by atoms with E-state index in [1.54, 1.807) is 0 Å². The minimum absolute atomic E-state index is 0.0496. The molecule has 0 aliphatic rings. The summed E-state index contributed by atoms with van der Waals surface area (Å²) < 4.78 is 0. The minimum atomic E-state index is -0.0522. The minimum Gasteiger partial charge on any atom is -0.346 e. The van der Waals surface area contributed by atoms with Gasteiger partial charge in [-0.3, -0.25) is 4.79 Å². The Morgan fingerprint density at radius 1 is 0.720 bits per heavy atom. The highest BCUT2D eigenvalue weighted by Gasteiger charge is 2.12. The SMILES string of the molecule is C[C@@H](NC(=O)c1ccc2ccccc2c1)c1ccc2ccccc2c1. The van der Waals surface area contributed by atoms with E-state index in [4.69, 9.17) is 0 Å². The summed E-state index contributed by atoms with van der Waals surface area (Å²) in [6.07, 6.45) is 0. The summed E-state index contributed by atoms with van der Waals surface area (Å²) in [6.45, 7) is 2.02. The number of hydrogen-bond acceptors (Lipinski definition) is 1. The van der Waals surface area contributed by atoms with E-state index in [1.165, 1.54) is 10.8 Å². The lowest BCUT2D eigenvalue weighted by Gasteiger charge is -2.15. The first-order chi connectivity index (χ1) is 12.2. The van der Waals surface area contributed by atoms with Crippen LogP contribution in [0.15, 0.2) is 84.9 Å². The molecule has 0 saturated carbocycles. The van der Waals surface area contributed by atoms with Gasteiger partial charge in [0, 0.05) is 5.56 Å². The van der Waals surface area contributed by atoms with Crippen LogP contribution >= 0.6 is 0 Å². The second-order valence-electron chi connectivity index (χ2n) is 6.36. The van der Waals surface area contributed by atoms with Crippen LogP contribution in [0.25, 0.3) is 21.5 Å². The largest absolute Gasteiger partial charge is 0.346 e. The lowest BCUT2D eigenvalue weighted by molar-refractivity contribution is 0.0940. The second-order valence-corrected chi connectivity index (χ2v) is 6.36. The summed E-state index contributed by atoms with van der Waals surface area (Å²) in [6, 6.07) is 28.4. The molecule has 1 amide bonds. The van der Waals surface area contributed by atoms with Gasteiger partial charge in [-0.15, -0.1) is 0 Å². The van der Waals surface area contributed by atoms with Gasteiger partial charge in [0.15, 0.2) is 0 Å². The van der Waals surface area contributed by atoms with Crippen molar-refractivity contribution in [1.29, 1.82) is 0 Å². The Hall–Kier alpha value is -3.13. The highest BCUT2D eigenvalue weighted by molar-refractivity contribution is 5.98. The number of fused-ring (bicyclic) bond motifs is 2. The smallest absolute Gasteiger partial charge is 0.251 e. The molecular weight excluding hydrogens is 306 g/mol. The van der Waals surface area contributed by atoms with Gasteiger partial charge in [-0.05, 0) is 52.2 Å². The van der Waals surface area contributed by atoms with Crippen molar-refractivity contribution in [3.8, 4) is 0 Å². The predicted octanol–water partition coefficient (Wildman–Crippen LogP) is 5.48. The van der Waals surface area contributed by atoms with Crippen molar-refractivity contribution in [2.45, 2.75) is 13.0 Å². The topological polar surface area (TPSA) is 29.1 Å². The zero-order chi connectivity index (χ0) is 17.2. The molecule has 0 aliphatic carbocycles. The Morgan fingerprint density at radius 3 is 1.96 bits per heavy atom. The number of nitrogens with one attached hydrogen (secondary N) is 1. The molecule has 0 fully saturated rings. The molecule has 0 spiro atoms. The lowest BCUT2D eigenvalue weighted by Crippen LogP contribution is -2.26. The molecule has 0 bridgehead atoms. The van der Waals surface area contributed by atoms with Crippen molar-refractivity contribution in [3.05, 3.63) is 96.1 Å². The molecular formula is C23H19NO.